The normalized spacial score (nSPS) is 20.5. The maximum Gasteiger partial charge on any atom is 0.251 e. The van der Waals surface area contributed by atoms with Gasteiger partial charge < -0.3 is 10.1 Å². The molecule has 1 amide bonds. The lowest BCUT2D eigenvalue weighted by Gasteiger charge is -2.41. The van der Waals surface area contributed by atoms with Crippen LogP contribution in [-0.2, 0) is 10.0 Å². The molecule has 4 rings (SSSR count). The molecule has 6 nitrogen and oxygen atoms in total. The number of hydrogen-bond donors (Lipinski definition) is 1. The standard InChI is InChI=1S/C25H31ClN2O4S/c1-3-25(4-2)17-21(19-10-6-7-11-22(19)32-25)27-24(29)18-12-13-20(26)23(16-18)33(30,31)28-14-8-5-9-15-28/h6-7,10-13,16,21H,3-5,8-9,14-15,17H2,1-2H3,(H,27,29). The van der Waals surface area contributed by atoms with E-state index >= 15 is 0 Å². The van der Waals surface area contributed by atoms with Crippen molar-refractivity contribution in [2.45, 2.75) is 68.9 Å². The van der Waals surface area contributed by atoms with Crippen LogP contribution >= 0.6 is 11.6 Å². The van der Waals surface area contributed by atoms with E-state index in [2.05, 4.69) is 19.2 Å². The van der Waals surface area contributed by atoms with Gasteiger partial charge >= 0.3 is 0 Å². The predicted octanol–water partition coefficient (Wildman–Crippen LogP) is 5.33. The van der Waals surface area contributed by atoms with Gasteiger partial charge in [-0.05, 0) is 49.9 Å². The molecule has 33 heavy (non-hydrogen) atoms. The molecular formula is C25H31ClN2O4S. The summed E-state index contributed by atoms with van der Waals surface area (Å²) in [7, 11) is -3.76. The van der Waals surface area contributed by atoms with E-state index in [-0.39, 0.29) is 33.0 Å². The molecule has 2 aromatic carbocycles. The minimum absolute atomic E-state index is 0.0115. The Morgan fingerprint density at radius 1 is 1.12 bits per heavy atom. The van der Waals surface area contributed by atoms with Crippen LogP contribution in [0.15, 0.2) is 47.4 Å². The number of hydrogen-bond acceptors (Lipinski definition) is 4. The summed E-state index contributed by atoms with van der Waals surface area (Å²) in [5, 5.41) is 3.25. The first kappa shape index (κ1) is 24.0. The molecule has 0 radical (unpaired) electrons. The minimum Gasteiger partial charge on any atom is -0.487 e. The molecule has 1 N–H and O–H groups in total. The highest BCUT2D eigenvalue weighted by Gasteiger charge is 2.39. The van der Waals surface area contributed by atoms with Crippen molar-refractivity contribution in [3.8, 4) is 5.75 Å². The smallest absolute Gasteiger partial charge is 0.251 e. The van der Waals surface area contributed by atoms with E-state index in [4.69, 9.17) is 16.3 Å². The maximum atomic E-state index is 13.3. The van der Waals surface area contributed by atoms with Crippen LogP contribution in [0.4, 0.5) is 0 Å². The summed E-state index contributed by atoms with van der Waals surface area (Å²) < 4.78 is 34.2. The molecule has 0 aromatic heterocycles. The Morgan fingerprint density at radius 3 is 2.52 bits per heavy atom. The van der Waals surface area contributed by atoms with Crippen LogP contribution in [0, 0.1) is 0 Å². The molecule has 2 aromatic rings. The van der Waals surface area contributed by atoms with Gasteiger partial charge in [-0.2, -0.15) is 4.31 Å². The van der Waals surface area contributed by atoms with Crippen molar-refractivity contribution in [1.29, 1.82) is 0 Å². The number of ether oxygens (including phenoxy) is 1. The quantitative estimate of drug-likeness (QED) is 0.594. The van der Waals surface area contributed by atoms with Crippen LogP contribution in [0.5, 0.6) is 5.75 Å². The summed E-state index contributed by atoms with van der Waals surface area (Å²) in [5.41, 5.74) is 0.853. The van der Waals surface area contributed by atoms with Crippen molar-refractivity contribution < 1.29 is 17.9 Å². The number of sulfonamides is 1. The Hall–Kier alpha value is -2.09. The van der Waals surface area contributed by atoms with Gasteiger partial charge in [0.2, 0.25) is 10.0 Å². The molecule has 1 saturated heterocycles. The van der Waals surface area contributed by atoms with Gasteiger partial charge in [-0.1, -0.05) is 50.1 Å². The molecule has 1 fully saturated rings. The Morgan fingerprint density at radius 2 is 1.82 bits per heavy atom. The third-order valence-electron chi connectivity index (χ3n) is 6.92. The number of nitrogens with one attached hydrogen (secondary N) is 1. The number of amides is 1. The first-order valence-electron chi connectivity index (χ1n) is 11.7. The average Bonchev–Trinajstić information content (AvgIpc) is 2.84. The monoisotopic (exact) mass is 490 g/mol. The lowest BCUT2D eigenvalue weighted by molar-refractivity contribution is 0.0227. The van der Waals surface area contributed by atoms with E-state index in [1.807, 2.05) is 24.3 Å². The van der Waals surface area contributed by atoms with Crippen molar-refractivity contribution in [3.05, 3.63) is 58.6 Å². The van der Waals surface area contributed by atoms with Crippen molar-refractivity contribution in [3.63, 3.8) is 0 Å². The molecule has 0 spiro atoms. The molecule has 178 valence electrons. The second-order valence-corrected chi connectivity index (χ2v) is 11.2. The largest absolute Gasteiger partial charge is 0.487 e. The Labute approximate surface area is 201 Å². The minimum atomic E-state index is -3.76. The molecule has 2 aliphatic heterocycles. The van der Waals surface area contributed by atoms with E-state index in [0.717, 1.165) is 43.4 Å². The van der Waals surface area contributed by atoms with Crippen molar-refractivity contribution in [2.24, 2.45) is 0 Å². The van der Waals surface area contributed by atoms with E-state index in [9.17, 15) is 13.2 Å². The number of fused-ring (bicyclic) bond motifs is 1. The molecule has 0 saturated carbocycles. The van der Waals surface area contributed by atoms with E-state index < -0.39 is 10.0 Å². The topological polar surface area (TPSA) is 75.7 Å². The van der Waals surface area contributed by atoms with Crippen molar-refractivity contribution in [2.75, 3.05) is 13.1 Å². The van der Waals surface area contributed by atoms with Crippen molar-refractivity contribution in [1.82, 2.24) is 9.62 Å². The molecule has 8 heteroatoms. The van der Waals surface area contributed by atoms with Crippen molar-refractivity contribution >= 4 is 27.5 Å². The number of carbonyl (C=O) groups excluding carboxylic acids is 1. The average molecular weight is 491 g/mol. The summed E-state index contributed by atoms with van der Waals surface area (Å²) in [6.45, 7) is 5.13. The third kappa shape index (κ3) is 4.77. The number of halogens is 1. The number of piperidine rings is 1. The van der Waals surface area contributed by atoms with Crippen LogP contribution in [-0.4, -0.2) is 37.3 Å². The van der Waals surface area contributed by atoms with Crippen LogP contribution in [0.25, 0.3) is 0 Å². The maximum absolute atomic E-state index is 13.3. The second-order valence-electron chi connectivity index (χ2n) is 8.87. The molecule has 2 aliphatic rings. The highest BCUT2D eigenvalue weighted by molar-refractivity contribution is 7.89. The highest BCUT2D eigenvalue weighted by Crippen LogP contribution is 2.42. The summed E-state index contributed by atoms with van der Waals surface area (Å²) in [5.74, 6) is 0.451. The van der Waals surface area contributed by atoms with Gasteiger partial charge in [0.05, 0.1) is 11.1 Å². The number of para-hydroxylation sites is 1. The predicted molar refractivity (Wildman–Crippen MR) is 129 cm³/mol. The Bertz CT molecular complexity index is 1120. The van der Waals surface area contributed by atoms with Crippen LogP contribution in [0.1, 0.15) is 74.3 Å². The van der Waals surface area contributed by atoms with E-state index in [1.54, 1.807) is 6.07 Å². The first-order valence-corrected chi connectivity index (χ1v) is 13.5. The van der Waals surface area contributed by atoms with Gasteiger partial charge in [0.25, 0.3) is 5.91 Å². The highest BCUT2D eigenvalue weighted by atomic mass is 35.5. The van der Waals surface area contributed by atoms with Crippen LogP contribution in [0.3, 0.4) is 0 Å². The number of benzene rings is 2. The fourth-order valence-corrected chi connectivity index (χ4v) is 6.78. The molecule has 1 atom stereocenters. The van der Waals surface area contributed by atoms with Gasteiger partial charge in [0.15, 0.2) is 0 Å². The first-order chi connectivity index (χ1) is 15.8. The van der Waals surface area contributed by atoms with E-state index in [1.165, 1.54) is 16.4 Å². The summed E-state index contributed by atoms with van der Waals surface area (Å²) in [6, 6.07) is 12.0. The van der Waals surface area contributed by atoms with Gasteiger partial charge in [-0.3, -0.25) is 4.79 Å². The summed E-state index contributed by atoms with van der Waals surface area (Å²) in [4.78, 5) is 13.3. The van der Waals surface area contributed by atoms with Gasteiger partial charge in [0, 0.05) is 30.6 Å². The molecule has 2 heterocycles. The Balaban J connectivity index is 1.62. The van der Waals surface area contributed by atoms with Gasteiger partial charge in [-0.25, -0.2) is 8.42 Å². The lowest BCUT2D eigenvalue weighted by atomic mass is 9.83. The fraction of sp³-hybridized carbons (Fsp3) is 0.480. The molecular weight excluding hydrogens is 460 g/mol. The SMILES string of the molecule is CCC1(CC)CC(NC(=O)c2ccc(Cl)c(S(=O)(=O)N3CCCCC3)c2)c2ccccc2O1. The zero-order valence-corrected chi connectivity index (χ0v) is 20.7. The number of nitrogens with zero attached hydrogens (tertiary/aromatic N) is 1. The zero-order chi connectivity index (χ0) is 23.6. The number of rotatable bonds is 6. The van der Waals surface area contributed by atoms with Crippen LogP contribution in [0.2, 0.25) is 5.02 Å². The zero-order valence-electron chi connectivity index (χ0n) is 19.1. The van der Waals surface area contributed by atoms with Gasteiger partial charge in [0.1, 0.15) is 16.2 Å². The number of carbonyl (C=O) groups is 1. The Kier molecular flexibility index (Phi) is 7.03. The molecule has 0 aliphatic carbocycles. The fourth-order valence-electron chi connectivity index (χ4n) is 4.76. The van der Waals surface area contributed by atoms with E-state index in [0.29, 0.717) is 19.5 Å². The van der Waals surface area contributed by atoms with Gasteiger partial charge in [-0.15, -0.1) is 0 Å². The third-order valence-corrected chi connectivity index (χ3v) is 9.30. The second kappa shape index (κ2) is 9.65. The lowest BCUT2D eigenvalue weighted by Crippen LogP contribution is -2.44. The molecule has 1 unspecified atom stereocenters. The molecule has 0 bridgehead atoms. The summed E-state index contributed by atoms with van der Waals surface area (Å²) >= 11 is 6.28. The van der Waals surface area contributed by atoms with Crippen LogP contribution < -0.4 is 10.1 Å². The summed E-state index contributed by atoms with van der Waals surface area (Å²) in [6.07, 6.45) is 4.97.